The Hall–Kier alpha value is -2.22. The summed E-state index contributed by atoms with van der Waals surface area (Å²) in [6.45, 7) is 0. The highest BCUT2D eigenvalue weighted by Crippen LogP contribution is 2.36. The lowest BCUT2D eigenvalue weighted by Crippen LogP contribution is -1.73. The molecule has 0 radical (unpaired) electrons. The summed E-state index contributed by atoms with van der Waals surface area (Å²) in [5.41, 5.74) is 3.93. The van der Waals surface area contributed by atoms with E-state index in [2.05, 4.69) is 0 Å². The Morgan fingerprint density at radius 1 is 0.812 bits per heavy atom. The molecule has 16 heavy (non-hydrogen) atoms. The third-order valence-corrected chi connectivity index (χ3v) is 2.34. The Labute approximate surface area is 93.5 Å². The van der Waals surface area contributed by atoms with Crippen molar-refractivity contribution in [3.8, 4) is 11.1 Å². The average Bonchev–Trinajstić information content (AvgIpc) is 3.03. The van der Waals surface area contributed by atoms with Crippen molar-refractivity contribution in [2.75, 3.05) is 0 Å². The number of benzene rings is 2. The van der Waals surface area contributed by atoms with Crippen molar-refractivity contribution in [2.24, 2.45) is 0 Å². The standard InChI is InChI=1S/C7H4O.C7H6O/c8-4-6-2-1-5-3-7(5)6;8-6-7-4-2-1-3-5-7/h1-4H;1-6H. The number of hydrogen-bond donors (Lipinski definition) is 0. The number of carbonyl (C=O) groups excluding carboxylic acids is 2. The first-order valence-electron chi connectivity index (χ1n) is 4.95. The quantitative estimate of drug-likeness (QED) is 0.609. The van der Waals surface area contributed by atoms with Gasteiger partial charge in [0, 0.05) is 11.1 Å². The van der Waals surface area contributed by atoms with E-state index in [1.54, 1.807) is 12.1 Å². The first kappa shape index (κ1) is 10.3. The van der Waals surface area contributed by atoms with Gasteiger partial charge in [0.2, 0.25) is 0 Å². The Bertz CT molecular complexity index is 516. The molecule has 0 unspecified atom stereocenters. The summed E-state index contributed by atoms with van der Waals surface area (Å²) in [6.07, 6.45) is 1.72. The number of aldehydes is 2. The van der Waals surface area contributed by atoms with Crippen LogP contribution in [0.25, 0.3) is 11.1 Å². The van der Waals surface area contributed by atoms with Crippen molar-refractivity contribution in [1.29, 1.82) is 0 Å². The van der Waals surface area contributed by atoms with Gasteiger partial charge in [-0.2, -0.15) is 0 Å². The lowest BCUT2D eigenvalue weighted by atomic mass is 10.2. The van der Waals surface area contributed by atoms with Crippen molar-refractivity contribution in [2.45, 2.75) is 0 Å². The maximum Gasteiger partial charge on any atom is 0.150 e. The number of fused-ring (bicyclic) bond motifs is 1. The van der Waals surface area contributed by atoms with Gasteiger partial charge in [-0.05, 0) is 17.2 Å². The normalized spacial score (nSPS) is 9.75. The average molecular weight is 210 g/mol. The zero-order valence-corrected chi connectivity index (χ0v) is 8.59. The van der Waals surface area contributed by atoms with Crippen molar-refractivity contribution in [3.05, 3.63) is 59.7 Å². The largest absolute Gasteiger partial charge is 0.298 e. The second kappa shape index (κ2) is 4.53. The summed E-state index contributed by atoms with van der Waals surface area (Å²) in [4.78, 5) is 20.1. The van der Waals surface area contributed by atoms with E-state index in [9.17, 15) is 9.59 Å². The van der Waals surface area contributed by atoms with Crippen LogP contribution >= 0.6 is 0 Å². The lowest BCUT2D eigenvalue weighted by Gasteiger charge is -1.81. The zero-order valence-electron chi connectivity index (χ0n) is 8.59. The monoisotopic (exact) mass is 210 g/mol. The predicted octanol–water partition coefficient (Wildman–Crippen LogP) is 2.98. The molecule has 0 saturated heterocycles. The Morgan fingerprint density at radius 2 is 1.56 bits per heavy atom. The molecule has 0 aromatic heterocycles. The zero-order chi connectivity index (χ0) is 11.4. The highest BCUT2D eigenvalue weighted by Gasteiger charge is 2.15. The Morgan fingerprint density at radius 3 is 1.88 bits per heavy atom. The first-order chi connectivity index (χ1) is 7.85. The molecule has 0 fully saturated rings. The van der Waals surface area contributed by atoms with Crippen molar-refractivity contribution in [1.82, 2.24) is 0 Å². The van der Waals surface area contributed by atoms with Crippen LogP contribution in [0.15, 0.2) is 48.5 Å². The second-order valence-electron chi connectivity index (χ2n) is 3.45. The molecule has 1 aromatic carbocycles. The van der Waals surface area contributed by atoms with Crippen molar-refractivity contribution in [3.63, 3.8) is 0 Å². The van der Waals surface area contributed by atoms with Gasteiger partial charge in [-0.15, -0.1) is 0 Å². The predicted molar refractivity (Wildman–Crippen MR) is 62.7 cm³/mol. The van der Waals surface area contributed by atoms with E-state index in [4.69, 9.17) is 0 Å². The van der Waals surface area contributed by atoms with Gasteiger partial charge in [-0.1, -0.05) is 42.5 Å². The molecule has 78 valence electrons. The molecule has 2 aliphatic carbocycles. The molecule has 0 amide bonds. The van der Waals surface area contributed by atoms with Gasteiger partial charge in [-0.25, -0.2) is 0 Å². The molecule has 0 N–H and O–H groups in total. The van der Waals surface area contributed by atoms with Gasteiger partial charge in [-0.3, -0.25) is 9.59 Å². The van der Waals surface area contributed by atoms with Crippen LogP contribution in [0, 0.1) is 0 Å². The number of rotatable bonds is 2. The fourth-order valence-corrected chi connectivity index (χ4v) is 1.41. The lowest BCUT2D eigenvalue weighted by molar-refractivity contribution is 0.111. The van der Waals surface area contributed by atoms with Gasteiger partial charge < -0.3 is 0 Å². The van der Waals surface area contributed by atoms with E-state index in [0.717, 1.165) is 29.3 Å². The van der Waals surface area contributed by atoms with E-state index < -0.39 is 0 Å². The maximum absolute atomic E-state index is 10.1. The van der Waals surface area contributed by atoms with Crippen LogP contribution < -0.4 is 0 Å². The van der Waals surface area contributed by atoms with Gasteiger partial charge in [0.05, 0.1) is 0 Å². The van der Waals surface area contributed by atoms with E-state index in [1.165, 1.54) is 5.56 Å². The Balaban J connectivity index is 0.000000120. The minimum absolute atomic E-state index is 0.729. The summed E-state index contributed by atoms with van der Waals surface area (Å²) in [6, 6.07) is 14.9. The summed E-state index contributed by atoms with van der Waals surface area (Å²) < 4.78 is 0. The van der Waals surface area contributed by atoms with Crippen LogP contribution in [0.2, 0.25) is 0 Å². The van der Waals surface area contributed by atoms with Crippen LogP contribution in [0.5, 0.6) is 0 Å². The van der Waals surface area contributed by atoms with Crippen LogP contribution in [0.1, 0.15) is 20.7 Å². The maximum atomic E-state index is 10.1. The van der Waals surface area contributed by atoms with Crippen LogP contribution in [-0.2, 0) is 0 Å². The molecular formula is C14H10O2. The summed E-state index contributed by atoms with van der Waals surface area (Å²) in [5.74, 6) is 0. The minimum atomic E-state index is 0.729. The molecule has 3 rings (SSSR count). The fourth-order valence-electron chi connectivity index (χ4n) is 1.41. The van der Waals surface area contributed by atoms with Crippen LogP contribution in [0.4, 0.5) is 0 Å². The van der Waals surface area contributed by atoms with Gasteiger partial charge in [0.15, 0.2) is 6.29 Å². The van der Waals surface area contributed by atoms with E-state index >= 15 is 0 Å². The van der Waals surface area contributed by atoms with Crippen molar-refractivity contribution < 1.29 is 9.59 Å². The van der Waals surface area contributed by atoms with Crippen molar-refractivity contribution >= 4 is 12.6 Å². The molecule has 0 spiro atoms. The van der Waals surface area contributed by atoms with Gasteiger partial charge in [0.25, 0.3) is 0 Å². The highest BCUT2D eigenvalue weighted by atomic mass is 16.1. The molecule has 2 heteroatoms. The van der Waals surface area contributed by atoms with Crippen LogP contribution in [0.3, 0.4) is 0 Å². The molecule has 0 saturated carbocycles. The molecule has 2 aliphatic rings. The van der Waals surface area contributed by atoms with E-state index in [0.29, 0.717) is 0 Å². The number of carbonyl (C=O) groups is 2. The smallest absolute Gasteiger partial charge is 0.150 e. The third kappa shape index (κ3) is 2.23. The molecule has 1 aromatic rings. The van der Waals surface area contributed by atoms with Gasteiger partial charge in [0.1, 0.15) is 6.29 Å². The topological polar surface area (TPSA) is 34.1 Å². The SMILES string of the molecule is O=Cc1ccc2cc1-2.O=Cc1ccccc1. The second-order valence-corrected chi connectivity index (χ2v) is 3.45. The molecule has 0 aliphatic heterocycles. The van der Waals surface area contributed by atoms with E-state index in [-0.39, 0.29) is 0 Å². The summed E-state index contributed by atoms with van der Waals surface area (Å²) in [7, 11) is 0. The van der Waals surface area contributed by atoms with Gasteiger partial charge >= 0.3 is 0 Å². The fraction of sp³-hybridized carbons (Fsp3) is 0. The first-order valence-corrected chi connectivity index (χ1v) is 4.95. The number of hydrogen-bond acceptors (Lipinski definition) is 2. The van der Waals surface area contributed by atoms with E-state index in [1.807, 2.05) is 36.4 Å². The molecule has 2 nitrogen and oxygen atoms in total. The molecule has 0 heterocycles. The Kier molecular flexibility index (Phi) is 2.92. The summed E-state index contributed by atoms with van der Waals surface area (Å²) >= 11 is 0. The molecular weight excluding hydrogens is 200 g/mol. The summed E-state index contributed by atoms with van der Waals surface area (Å²) in [5, 5.41) is 0. The molecule has 0 bridgehead atoms. The minimum Gasteiger partial charge on any atom is -0.298 e. The highest BCUT2D eigenvalue weighted by molar-refractivity contribution is 5.97. The third-order valence-electron chi connectivity index (χ3n) is 2.34. The molecule has 0 atom stereocenters. The van der Waals surface area contributed by atoms with Crippen LogP contribution in [-0.4, -0.2) is 12.6 Å².